The molecule has 11 heteroatoms. The zero-order valence-electron chi connectivity index (χ0n) is 17.2. The van der Waals surface area contributed by atoms with E-state index in [4.69, 9.17) is 4.74 Å². The van der Waals surface area contributed by atoms with Gasteiger partial charge in [0, 0.05) is 25.0 Å². The molecule has 30 heavy (non-hydrogen) atoms. The summed E-state index contributed by atoms with van der Waals surface area (Å²) in [6.45, 7) is 6.87. The van der Waals surface area contributed by atoms with Crippen LogP contribution in [0, 0.1) is 6.92 Å². The molecule has 1 heterocycles. The van der Waals surface area contributed by atoms with Crippen molar-refractivity contribution in [1.29, 1.82) is 0 Å². The molecule has 0 fully saturated rings. The standard InChI is InChI=1S/C19H25N5O5S/c1-13-20-9-8-16(23-13)17(25)24-14-6-5-7-15(12-14)30(27,28)22-11-10-21-18(26)29-19(2,3)4/h5-9,12,22H,10-11H2,1-4H3,(H,21,26)(H,24,25). The number of carbonyl (C=O) groups excluding carboxylic acids is 2. The molecule has 0 saturated carbocycles. The molecule has 2 rings (SSSR count). The molecule has 3 N–H and O–H groups in total. The number of ether oxygens (including phenoxy) is 1. The van der Waals surface area contributed by atoms with Crippen molar-refractivity contribution in [3.63, 3.8) is 0 Å². The molecule has 0 radical (unpaired) electrons. The second-order valence-electron chi connectivity index (χ2n) is 7.30. The molecule has 1 aromatic heterocycles. The fourth-order valence-electron chi connectivity index (χ4n) is 2.27. The van der Waals surface area contributed by atoms with Crippen molar-refractivity contribution < 1.29 is 22.7 Å². The fourth-order valence-corrected chi connectivity index (χ4v) is 3.34. The van der Waals surface area contributed by atoms with Gasteiger partial charge in [-0.3, -0.25) is 4.79 Å². The highest BCUT2D eigenvalue weighted by atomic mass is 32.2. The zero-order valence-corrected chi connectivity index (χ0v) is 18.0. The van der Waals surface area contributed by atoms with E-state index >= 15 is 0 Å². The van der Waals surface area contributed by atoms with Gasteiger partial charge in [0.1, 0.15) is 17.1 Å². The van der Waals surface area contributed by atoms with Gasteiger partial charge >= 0.3 is 6.09 Å². The minimum atomic E-state index is -3.84. The number of sulfonamides is 1. The number of rotatable bonds is 7. The van der Waals surface area contributed by atoms with Crippen molar-refractivity contribution in [1.82, 2.24) is 20.0 Å². The largest absolute Gasteiger partial charge is 0.444 e. The van der Waals surface area contributed by atoms with Gasteiger partial charge in [0.25, 0.3) is 5.91 Å². The normalized spacial score (nSPS) is 11.6. The summed E-state index contributed by atoms with van der Waals surface area (Å²) in [4.78, 5) is 31.8. The van der Waals surface area contributed by atoms with Gasteiger partial charge < -0.3 is 15.4 Å². The van der Waals surface area contributed by atoms with Crippen LogP contribution in [0.25, 0.3) is 0 Å². The van der Waals surface area contributed by atoms with Crippen LogP contribution in [0.15, 0.2) is 41.4 Å². The summed E-state index contributed by atoms with van der Waals surface area (Å²) in [5.74, 6) is -0.0345. The van der Waals surface area contributed by atoms with Crippen LogP contribution in [0.3, 0.4) is 0 Å². The number of nitrogens with zero attached hydrogens (tertiary/aromatic N) is 2. The number of amides is 2. The van der Waals surface area contributed by atoms with E-state index in [1.54, 1.807) is 33.8 Å². The summed E-state index contributed by atoms with van der Waals surface area (Å²) in [5, 5.41) is 5.07. The highest BCUT2D eigenvalue weighted by Gasteiger charge is 2.17. The number of anilines is 1. The predicted molar refractivity (Wildman–Crippen MR) is 111 cm³/mol. The van der Waals surface area contributed by atoms with Crippen LogP contribution < -0.4 is 15.4 Å². The Labute approximate surface area is 175 Å². The third-order valence-electron chi connectivity index (χ3n) is 3.50. The number of benzene rings is 1. The number of hydrogen-bond acceptors (Lipinski definition) is 7. The summed E-state index contributed by atoms with van der Waals surface area (Å²) in [5.41, 5.74) is -0.174. The third-order valence-corrected chi connectivity index (χ3v) is 4.95. The summed E-state index contributed by atoms with van der Waals surface area (Å²) in [6.07, 6.45) is 0.833. The van der Waals surface area contributed by atoms with Crippen LogP contribution in [-0.4, -0.2) is 49.1 Å². The SMILES string of the molecule is Cc1nccc(C(=O)Nc2cccc(S(=O)(=O)NCCNC(=O)OC(C)(C)C)c2)n1. The Morgan fingerprint density at radius 3 is 2.53 bits per heavy atom. The zero-order chi connectivity index (χ0) is 22.4. The second kappa shape index (κ2) is 9.63. The van der Waals surface area contributed by atoms with Crippen LogP contribution in [0.4, 0.5) is 10.5 Å². The number of nitrogens with one attached hydrogen (secondary N) is 3. The first-order chi connectivity index (χ1) is 14.0. The molecule has 0 bridgehead atoms. The molecule has 0 aliphatic rings. The van der Waals surface area contributed by atoms with E-state index < -0.39 is 27.6 Å². The Bertz CT molecular complexity index is 1020. The quantitative estimate of drug-likeness (QED) is 0.564. The molecule has 1 aromatic carbocycles. The minimum Gasteiger partial charge on any atom is -0.444 e. The Hall–Kier alpha value is -3.05. The van der Waals surface area contributed by atoms with Gasteiger partial charge in [-0.15, -0.1) is 0 Å². The summed E-state index contributed by atoms with van der Waals surface area (Å²) in [7, 11) is -3.84. The van der Waals surface area contributed by atoms with Crippen LogP contribution >= 0.6 is 0 Å². The van der Waals surface area contributed by atoms with Crippen LogP contribution in [0.5, 0.6) is 0 Å². The van der Waals surface area contributed by atoms with Gasteiger partial charge in [-0.05, 0) is 52.0 Å². The molecule has 0 saturated heterocycles. The van der Waals surface area contributed by atoms with E-state index in [0.29, 0.717) is 11.5 Å². The van der Waals surface area contributed by atoms with E-state index in [1.807, 2.05) is 0 Å². The number of carbonyl (C=O) groups is 2. The monoisotopic (exact) mass is 435 g/mol. The maximum absolute atomic E-state index is 12.5. The first kappa shape index (κ1) is 23.2. The average Bonchev–Trinajstić information content (AvgIpc) is 2.64. The van der Waals surface area contributed by atoms with Crippen molar-refractivity contribution in [2.75, 3.05) is 18.4 Å². The molecular formula is C19H25N5O5S. The number of aromatic nitrogens is 2. The average molecular weight is 436 g/mol. The molecule has 0 aliphatic carbocycles. The number of aryl methyl sites for hydroxylation is 1. The van der Waals surface area contributed by atoms with E-state index in [0.717, 1.165) is 0 Å². The van der Waals surface area contributed by atoms with Crippen molar-refractivity contribution in [3.8, 4) is 0 Å². The van der Waals surface area contributed by atoms with Gasteiger partial charge in [-0.25, -0.2) is 27.9 Å². The molecular weight excluding hydrogens is 410 g/mol. The fraction of sp³-hybridized carbons (Fsp3) is 0.368. The molecule has 0 unspecified atom stereocenters. The third kappa shape index (κ3) is 7.41. The van der Waals surface area contributed by atoms with Gasteiger partial charge in [-0.1, -0.05) is 6.07 Å². The van der Waals surface area contributed by atoms with E-state index in [1.165, 1.54) is 30.5 Å². The Morgan fingerprint density at radius 1 is 1.13 bits per heavy atom. The highest BCUT2D eigenvalue weighted by Crippen LogP contribution is 2.16. The molecule has 0 spiro atoms. The second-order valence-corrected chi connectivity index (χ2v) is 9.06. The molecule has 162 valence electrons. The van der Waals surface area contributed by atoms with E-state index in [9.17, 15) is 18.0 Å². The smallest absolute Gasteiger partial charge is 0.407 e. The van der Waals surface area contributed by atoms with Crippen molar-refractivity contribution in [3.05, 3.63) is 48.0 Å². The molecule has 2 aromatic rings. The van der Waals surface area contributed by atoms with Gasteiger partial charge in [0.15, 0.2) is 0 Å². The number of hydrogen-bond donors (Lipinski definition) is 3. The first-order valence-electron chi connectivity index (χ1n) is 9.14. The first-order valence-corrected chi connectivity index (χ1v) is 10.6. The van der Waals surface area contributed by atoms with Gasteiger partial charge in [0.05, 0.1) is 4.90 Å². The lowest BCUT2D eigenvalue weighted by atomic mass is 10.2. The molecule has 2 amide bonds. The summed E-state index contributed by atoms with van der Waals surface area (Å²) in [6, 6.07) is 7.26. The van der Waals surface area contributed by atoms with Crippen molar-refractivity contribution in [2.45, 2.75) is 38.2 Å². The molecule has 10 nitrogen and oxygen atoms in total. The summed E-state index contributed by atoms with van der Waals surface area (Å²) >= 11 is 0. The topological polar surface area (TPSA) is 139 Å². The van der Waals surface area contributed by atoms with Crippen LogP contribution in [0.1, 0.15) is 37.1 Å². The maximum Gasteiger partial charge on any atom is 0.407 e. The van der Waals surface area contributed by atoms with Crippen LogP contribution in [0.2, 0.25) is 0 Å². The molecule has 0 atom stereocenters. The van der Waals surface area contributed by atoms with Crippen molar-refractivity contribution in [2.24, 2.45) is 0 Å². The Balaban J connectivity index is 1.95. The maximum atomic E-state index is 12.5. The summed E-state index contributed by atoms with van der Waals surface area (Å²) < 4.78 is 32.4. The van der Waals surface area contributed by atoms with E-state index in [-0.39, 0.29) is 23.7 Å². The Kier molecular flexibility index (Phi) is 7.46. The molecule has 0 aliphatic heterocycles. The highest BCUT2D eigenvalue weighted by molar-refractivity contribution is 7.89. The Morgan fingerprint density at radius 2 is 1.87 bits per heavy atom. The van der Waals surface area contributed by atoms with E-state index in [2.05, 4.69) is 25.3 Å². The lowest BCUT2D eigenvalue weighted by Crippen LogP contribution is -2.37. The number of alkyl carbamates (subject to hydrolysis) is 1. The van der Waals surface area contributed by atoms with Crippen molar-refractivity contribution >= 4 is 27.7 Å². The predicted octanol–water partition coefficient (Wildman–Crippen LogP) is 1.84. The lowest BCUT2D eigenvalue weighted by Gasteiger charge is -2.19. The van der Waals surface area contributed by atoms with Gasteiger partial charge in [0.2, 0.25) is 10.0 Å². The minimum absolute atomic E-state index is 0.0294. The van der Waals surface area contributed by atoms with Crippen LogP contribution in [-0.2, 0) is 14.8 Å². The lowest BCUT2D eigenvalue weighted by molar-refractivity contribution is 0.0528. The van der Waals surface area contributed by atoms with Gasteiger partial charge in [-0.2, -0.15) is 0 Å².